The lowest BCUT2D eigenvalue weighted by molar-refractivity contribution is 0.0722. The minimum atomic E-state index is 0.0218. The van der Waals surface area contributed by atoms with Crippen molar-refractivity contribution in [2.75, 3.05) is 39.3 Å². The summed E-state index contributed by atoms with van der Waals surface area (Å²) in [6.07, 6.45) is 2.60. The molecular weight excluding hydrogens is 230 g/mol. The molecule has 3 heterocycles. The summed E-state index contributed by atoms with van der Waals surface area (Å²) < 4.78 is 5.18. The van der Waals surface area contributed by atoms with Gasteiger partial charge in [0, 0.05) is 45.3 Å². The average molecular weight is 249 g/mol. The average Bonchev–Trinajstić information content (AvgIpc) is 2.74. The first-order chi connectivity index (χ1) is 8.84. The van der Waals surface area contributed by atoms with E-state index in [9.17, 15) is 4.79 Å². The van der Waals surface area contributed by atoms with Gasteiger partial charge in [-0.25, -0.2) is 0 Å². The topological polar surface area (TPSA) is 48.7 Å². The summed E-state index contributed by atoms with van der Waals surface area (Å²) in [7, 11) is 0. The number of hydrogen-bond acceptors (Lipinski definition) is 4. The molecule has 98 valence electrons. The van der Waals surface area contributed by atoms with E-state index in [-0.39, 0.29) is 5.91 Å². The van der Waals surface area contributed by atoms with Crippen LogP contribution in [-0.2, 0) is 0 Å². The second-order valence-electron chi connectivity index (χ2n) is 4.97. The van der Waals surface area contributed by atoms with Crippen LogP contribution in [0.25, 0.3) is 0 Å². The van der Waals surface area contributed by atoms with Crippen LogP contribution in [0, 0.1) is 0 Å². The second-order valence-corrected chi connectivity index (χ2v) is 4.97. The van der Waals surface area contributed by atoms with Crippen molar-refractivity contribution in [2.45, 2.75) is 12.5 Å². The van der Waals surface area contributed by atoms with Crippen LogP contribution in [0.3, 0.4) is 0 Å². The molecule has 0 radical (unpaired) electrons. The van der Waals surface area contributed by atoms with Crippen molar-refractivity contribution in [2.24, 2.45) is 0 Å². The molecule has 5 nitrogen and oxygen atoms in total. The molecule has 5 heteroatoms. The fourth-order valence-corrected chi connectivity index (χ4v) is 2.59. The summed E-state index contributed by atoms with van der Waals surface area (Å²) in [6, 6.07) is 4.17. The van der Waals surface area contributed by atoms with Crippen LogP contribution >= 0.6 is 0 Å². The third-order valence-corrected chi connectivity index (χ3v) is 3.83. The third kappa shape index (κ3) is 2.28. The minimum absolute atomic E-state index is 0.0218. The van der Waals surface area contributed by atoms with E-state index in [1.807, 2.05) is 4.90 Å². The van der Waals surface area contributed by atoms with Crippen LogP contribution in [0.15, 0.2) is 22.8 Å². The third-order valence-electron chi connectivity index (χ3n) is 3.83. The lowest BCUT2D eigenvalue weighted by atomic mass is 10.1. The normalized spacial score (nSPS) is 22.6. The van der Waals surface area contributed by atoms with E-state index in [2.05, 4.69) is 10.2 Å². The van der Waals surface area contributed by atoms with Gasteiger partial charge in [-0.05, 0) is 18.6 Å². The van der Waals surface area contributed by atoms with Gasteiger partial charge in [0.15, 0.2) is 5.76 Å². The molecule has 0 bridgehead atoms. The van der Waals surface area contributed by atoms with Crippen molar-refractivity contribution in [3.8, 4) is 0 Å². The lowest BCUT2D eigenvalue weighted by Gasteiger charge is -2.37. The largest absolute Gasteiger partial charge is 0.459 e. The Kier molecular flexibility index (Phi) is 3.34. The van der Waals surface area contributed by atoms with E-state index in [0.29, 0.717) is 11.8 Å². The molecule has 2 saturated heterocycles. The van der Waals surface area contributed by atoms with Gasteiger partial charge in [0.2, 0.25) is 0 Å². The van der Waals surface area contributed by atoms with E-state index in [1.54, 1.807) is 18.4 Å². The molecule has 0 spiro atoms. The van der Waals surface area contributed by atoms with Gasteiger partial charge < -0.3 is 14.6 Å². The first-order valence-corrected chi connectivity index (χ1v) is 6.62. The summed E-state index contributed by atoms with van der Waals surface area (Å²) in [6.45, 7) is 5.87. The number of nitrogens with zero attached hydrogens (tertiary/aromatic N) is 2. The lowest BCUT2D eigenvalue weighted by Crippen LogP contribution is -2.57. The summed E-state index contributed by atoms with van der Waals surface area (Å²) in [5.41, 5.74) is 0. The first kappa shape index (κ1) is 11.7. The summed E-state index contributed by atoms with van der Waals surface area (Å²) in [5, 5.41) is 3.30. The fourth-order valence-electron chi connectivity index (χ4n) is 2.59. The molecule has 1 aromatic heterocycles. The molecule has 18 heavy (non-hydrogen) atoms. The Bertz CT molecular complexity index is 400. The molecule has 0 unspecified atom stereocenters. The minimum Gasteiger partial charge on any atom is -0.459 e. The van der Waals surface area contributed by atoms with E-state index < -0.39 is 0 Å². The predicted octanol–water partition coefficient (Wildman–Crippen LogP) is 0.399. The molecule has 0 atom stereocenters. The van der Waals surface area contributed by atoms with Crippen molar-refractivity contribution in [1.29, 1.82) is 0 Å². The smallest absolute Gasteiger partial charge is 0.289 e. The molecule has 0 aromatic carbocycles. The van der Waals surface area contributed by atoms with E-state index in [1.165, 1.54) is 0 Å². The van der Waals surface area contributed by atoms with Crippen molar-refractivity contribution in [3.63, 3.8) is 0 Å². The van der Waals surface area contributed by atoms with Gasteiger partial charge in [-0.2, -0.15) is 0 Å². The van der Waals surface area contributed by atoms with Gasteiger partial charge in [0.1, 0.15) is 0 Å². The highest BCUT2D eigenvalue weighted by Gasteiger charge is 2.28. The number of hydrogen-bond donors (Lipinski definition) is 1. The van der Waals surface area contributed by atoms with Crippen molar-refractivity contribution in [3.05, 3.63) is 24.2 Å². The van der Waals surface area contributed by atoms with Gasteiger partial charge in [-0.1, -0.05) is 0 Å². The highest BCUT2D eigenvalue weighted by Crippen LogP contribution is 2.13. The van der Waals surface area contributed by atoms with Crippen LogP contribution in [0.4, 0.5) is 0 Å². The monoisotopic (exact) mass is 249 g/mol. The summed E-state index contributed by atoms with van der Waals surface area (Å²) >= 11 is 0. The Morgan fingerprint density at radius 1 is 1.28 bits per heavy atom. The number of carbonyl (C=O) groups excluding carboxylic acids is 1. The molecule has 1 aromatic rings. The quantitative estimate of drug-likeness (QED) is 0.824. The fraction of sp³-hybridized carbons (Fsp3) is 0.615. The standard InChI is InChI=1S/C13H19N3O2/c17-13(12-3-1-8-18-12)16-5-2-4-15(6-7-16)11-9-14-10-11/h1,3,8,11,14H,2,4-7,9-10H2. The molecule has 0 saturated carbocycles. The zero-order chi connectivity index (χ0) is 12.4. The Labute approximate surface area is 107 Å². The van der Waals surface area contributed by atoms with Gasteiger partial charge in [0.05, 0.1) is 6.26 Å². The predicted molar refractivity (Wildman–Crippen MR) is 67.5 cm³/mol. The molecule has 3 rings (SSSR count). The van der Waals surface area contributed by atoms with Crippen LogP contribution < -0.4 is 5.32 Å². The van der Waals surface area contributed by atoms with Crippen LogP contribution in [0.5, 0.6) is 0 Å². The summed E-state index contributed by atoms with van der Waals surface area (Å²) in [5.74, 6) is 0.474. The van der Waals surface area contributed by atoms with E-state index in [0.717, 1.165) is 45.7 Å². The Morgan fingerprint density at radius 3 is 2.83 bits per heavy atom. The molecule has 2 aliphatic rings. The van der Waals surface area contributed by atoms with Gasteiger partial charge in [-0.3, -0.25) is 9.69 Å². The van der Waals surface area contributed by atoms with E-state index >= 15 is 0 Å². The molecule has 1 N–H and O–H groups in total. The zero-order valence-electron chi connectivity index (χ0n) is 10.5. The Morgan fingerprint density at radius 2 is 2.17 bits per heavy atom. The number of nitrogens with one attached hydrogen (secondary N) is 1. The van der Waals surface area contributed by atoms with E-state index in [4.69, 9.17) is 4.42 Å². The van der Waals surface area contributed by atoms with Gasteiger partial charge in [0.25, 0.3) is 5.91 Å². The molecule has 2 fully saturated rings. The molecule has 2 aliphatic heterocycles. The number of carbonyl (C=O) groups is 1. The highest BCUT2D eigenvalue weighted by molar-refractivity contribution is 5.91. The van der Waals surface area contributed by atoms with Crippen LogP contribution in [0.1, 0.15) is 17.0 Å². The maximum atomic E-state index is 12.2. The van der Waals surface area contributed by atoms with Crippen LogP contribution in [0.2, 0.25) is 0 Å². The highest BCUT2D eigenvalue weighted by atomic mass is 16.3. The van der Waals surface area contributed by atoms with Crippen LogP contribution in [-0.4, -0.2) is 61.0 Å². The molecule has 0 aliphatic carbocycles. The first-order valence-electron chi connectivity index (χ1n) is 6.62. The van der Waals surface area contributed by atoms with Gasteiger partial charge in [-0.15, -0.1) is 0 Å². The SMILES string of the molecule is O=C(c1ccco1)N1CCCN(C2CNC2)CC1. The van der Waals surface area contributed by atoms with Crippen molar-refractivity contribution in [1.82, 2.24) is 15.1 Å². The Balaban J connectivity index is 1.60. The van der Waals surface area contributed by atoms with Gasteiger partial charge >= 0.3 is 0 Å². The second kappa shape index (κ2) is 5.12. The molecular formula is C13H19N3O2. The number of amides is 1. The maximum absolute atomic E-state index is 12.2. The zero-order valence-corrected chi connectivity index (χ0v) is 10.5. The van der Waals surface area contributed by atoms with Crippen molar-refractivity contribution >= 4 is 5.91 Å². The number of rotatable bonds is 2. The molecule has 1 amide bonds. The maximum Gasteiger partial charge on any atom is 0.289 e. The number of furan rings is 1. The Hall–Kier alpha value is -1.33. The van der Waals surface area contributed by atoms with Crippen molar-refractivity contribution < 1.29 is 9.21 Å². The summed E-state index contributed by atoms with van der Waals surface area (Å²) in [4.78, 5) is 16.6.